The largest absolute Gasteiger partial charge is 0.454 e. The van der Waals surface area contributed by atoms with Gasteiger partial charge in [-0.05, 0) is 67.1 Å². The highest BCUT2D eigenvalue weighted by molar-refractivity contribution is 5.95. The summed E-state index contributed by atoms with van der Waals surface area (Å²) in [7, 11) is 0. The Hall–Kier alpha value is -2.95. The first-order valence-corrected chi connectivity index (χ1v) is 9.08. The van der Waals surface area contributed by atoms with Gasteiger partial charge in [-0.25, -0.2) is 0 Å². The van der Waals surface area contributed by atoms with Gasteiger partial charge in [0.15, 0.2) is 11.5 Å². The summed E-state index contributed by atoms with van der Waals surface area (Å²) in [5.41, 5.74) is 5.72. The lowest BCUT2D eigenvalue weighted by Gasteiger charge is -2.11. The molecule has 0 spiro atoms. The summed E-state index contributed by atoms with van der Waals surface area (Å²) in [5.74, 6) is 1.20. The number of ether oxygens (including phenoxy) is 2. The maximum atomic E-state index is 12.5. The topological polar surface area (TPSA) is 63.4 Å². The van der Waals surface area contributed by atoms with Gasteiger partial charge >= 0.3 is 0 Å². The second-order valence-corrected chi connectivity index (χ2v) is 6.92. The monoisotopic (exact) mass is 348 g/mol. The Bertz CT molecular complexity index is 1010. The zero-order valence-electron chi connectivity index (χ0n) is 14.4. The molecule has 0 radical (unpaired) electrons. The lowest BCUT2D eigenvalue weighted by molar-refractivity contribution is 0.0950. The quantitative estimate of drug-likeness (QED) is 0.758. The molecule has 3 aromatic rings. The molecule has 1 amide bonds. The van der Waals surface area contributed by atoms with E-state index in [2.05, 4.69) is 28.5 Å². The summed E-state index contributed by atoms with van der Waals surface area (Å²) in [4.78, 5) is 16.0. The van der Waals surface area contributed by atoms with Crippen LogP contribution in [0.15, 0.2) is 36.4 Å². The molecule has 0 bridgehead atoms. The highest BCUT2D eigenvalue weighted by Crippen LogP contribution is 2.32. The maximum absolute atomic E-state index is 12.5. The van der Waals surface area contributed by atoms with E-state index in [4.69, 9.17) is 9.47 Å². The lowest BCUT2D eigenvalue weighted by atomic mass is 9.95. The van der Waals surface area contributed by atoms with Gasteiger partial charge in [-0.1, -0.05) is 6.07 Å². The van der Waals surface area contributed by atoms with Gasteiger partial charge < -0.3 is 19.8 Å². The van der Waals surface area contributed by atoms with Crippen LogP contribution in [0.5, 0.6) is 11.5 Å². The van der Waals surface area contributed by atoms with Crippen LogP contribution in [0.25, 0.3) is 10.9 Å². The number of nitrogens with one attached hydrogen (secondary N) is 2. The number of fused-ring (bicyclic) bond motifs is 4. The second-order valence-electron chi connectivity index (χ2n) is 6.92. The van der Waals surface area contributed by atoms with E-state index in [0.29, 0.717) is 23.6 Å². The molecule has 2 N–H and O–H groups in total. The SMILES string of the molecule is O=C(NCc1ccc2[nH]c3c(c2c1)CCCC3)c1ccc2c(c1)OCO2. The van der Waals surface area contributed by atoms with Crippen molar-refractivity contribution in [2.24, 2.45) is 0 Å². The minimum Gasteiger partial charge on any atom is -0.454 e. The Balaban J connectivity index is 1.34. The molecule has 5 heteroatoms. The third-order valence-electron chi connectivity index (χ3n) is 5.25. The fourth-order valence-electron chi connectivity index (χ4n) is 3.89. The number of aromatic amines is 1. The van der Waals surface area contributed by atoms with E-state index in [1.54, 1.807) is 18.2 Å². The van der Waals surface area contributed by atoms with Crippen molar-refractivity contribution in [3.05, 3.63) is 58.8 Å². The zero-order valence-corrected chi connectivity index (χ0v) is 14.4. The third-order valence-corrected chi connectivity index (χ3v) is 5.25. The number of amides is 1. The predicted molar refractivity (Wildman–Crippen MR) is 98.7 cm³/mol. The summed E-state index contributed by atoms with van der Waals surface area (Å²) in [5, 5.41) is 4.30. The van der Waals surface area contributed by atoms with Crippen molar-refractivity contribution in [1.82, 2.24) is 10.3 Å². The third kappa shape index (κ3) is 2.60. The summed E-state index contributed by atoms with van der Waals surface area (Å²) >= 11 is 0. The van der Waals surface area contributed by atoms with Crippen molar-refractivity contribution in [3.63, 3.8) is 0 Å². The fraction of sp³-hybridized carbons (Fsp3) is 0.286. The van der Waals surface area contributed by atoms with Crippen LogP contribution in [0.2, 0.25) is 0 Å². The molecule has 0 fully saturated rings. The molecular weight excluding hydrogens is 328 g/mol. The molecule has 2 aromatic carbocycles. The summed E-state index contributed by atoms with van der Waals surface area (Å²) < 4.78 is 10.6. The Morgan fingerprint density at radius 3 is 2.88 bits per heavy atom. The van der Waals surface area contributed by atoms with Gasteiger partial charge in [0.1, 0.15) is 0 Å². The van der Waals surface area contributed by atoms with Gasteiger partial charge in [0, 0.05) is 28.7 Å². The van der Waals surface area contributed by atoms with Gasteiger partial charge in [-0.15, -0.1) is 0 Å². The van der Waals surface area contributed by atoms with Gasteiger partial charge in [0.25, 0.3) is 5.91 Å². The van der Waals surface area contributed by atoms with Crippen LogP contribution in [-0.2, 0) is 19.4 Å². The van der Waals surface area contributed by atoms with Crippen molar-refractivity contribution in [1.29, 1.82) is 0 Å². The summed E-state index contributed by atoms with van der Waals surface area (Å²) in [6, 6.07) is 11.7. The molecule has 2 heterocycles. The molecule has 2 aliphatic rings. The van der Waals surface area contributed by atoms with E-state index in [-0.39, 0.29) is 12.7 Å². The second kappa shape index (κ2) is 6.09. The molecule has 1 aliphatic carbocycles. The number of aryl methyl sites for hydroxylation is 2. The standard InChI is InChI=1S/C21H20N2O3/c24-21(14-6-8-19-20(10-14)26-12-25-19)22-11-13-5-7-18-16(9-13)15-3-1-2-4-17(15)23-18/h5-10,23H,1-4,11-12H2,(H,22,24). The maximum Gasteiger partial charge on any atom is 0.251 e. The minimum absolute atomic E-state index is 0.112. The molecule has 26 heavy (non-hydrogen) atoms. The molecule has 5 rings (SSSR count). The van der Waals surface area contributed by atoms with Crippen LogP contribution in [0.4, 0.5) is 0 Å². The summed E-state index contributed by atoms with van der Waals surface area (Å²) in [6.45, 7) is 0.713. The number of benzene rings is 2. The van der Waals surface area contributed by atoms with E-state index in [9.17, 15) is 4.79 Å². The van der Waals surface area contributed by atoms with Crippen LogP contribution in [0.3, 0.4) is 0 Å². The van der Waals surface area contributed by atoms with E-state index < -0.39 is 0 Å². The molecular formula is C21H20N2O3. The van der Waals surface area contributed by atoms with Gasteiger partial charge in [-0.2, -0.15) is 0 Å². The Kier molecular flexibility index (Phi) is 3.59. The predicted octanol–water partition coefficient (Wildman–Crippen LogP) is 3.71. The number of carbonyl (C=O) groups is 1. The van der Waals surface area contributed by atoms with Crippen LogP contribution in [0.1, 0.15) is 40.0 Å². The van der Waals surface area contributed by atoms with Crippen molar-refractivity contribution >= 4 is 16.8 Å². The first-order chi connectivity index (χ1) is 12.8. The van der Waals surface area contributed by atoms with Crippen LogP contribution >= 0.6 is 0 Å². The van der Waals surface area contributed by atoms with E-state index in [0.717, 1.165) is 18.4 Å². The Morgan fingerprint density at radius 1 is 1.04 bits per heavy atom. The van der Waals surface area contributed by atoms with Crippen molar-refractivity contribution < 1.29 is 14.3 Å². The number of H-pyrrole nitrogens is 1. The van der Waals surface area contributed by atoms with Crippen molar-refractivity contribution in [2.45, 2.75) is 32.2 Å². The van der Waals surface area contributed by atoms with Crippen molar-refractivity contribution in [3.8, 4) is 11.5 Å². The molecule has 5 nitrogen and oxygen atoms in total. The fourth-order valence-corrected chi connectivity index (χ4v) is 3.89. The highest BCUT2D eigenvalue weighted by atomic mass is 16.7. The van der Waals surface area contributed by atoms with E-state index in [1.807, 2.05) is 0 Å². The average molecular weight is 348 g/mol. The Morgan fingerprint density at radius 2 is 1.92 bits per heavy atom. The number of hydrogen-bond acceptors (Lipinski definition) is 3. The number of aromatic nitrogens is 1. The molecule has 132 valence electrons. The van der Waals surface area contributed by atoms with Crippen LogP contribution < -0.4 is 14.8 Å². The van der Waals surface area contributed by atoms with Gasteiger partial charge in [0.05, 0.1) is 0 Å². The molecule has 0 saturated carbocycles. The van der Waals surface area contributed by atoms with Crippen LogP contribution in [-0.4, -0.2) is 17.7 Å². The Labute approximate surface area is 151 Å². The molecule has 0 saturated heterocycles. The minimum atomic E-state index is -0.112. The van der Waals surface area contributed by atoms with Gasteiger partial charge in [-0.3, -0.25) is 4.79 Å². The smallest absolute Gasteiger partial charge is 0.251 e. The lowest BCUT2D eigenvalue weighted by Crippen LogP contribution is -2.22. The highest BCUT2D eigenvalue weighted by Gasteiger charge is 2.17. The molecule has 0 unspecified atom stereocenters. The van der Waals surface area contributed by atoms with Crippen molar-refractivity contribution in [2.75, 3.05) is 6.79 Å². The number of carbonyl (C=O) groups excluding carboxylic acids is 1. The first kappa shape index (κ1) is 15.3. The number of hydrogen-bond donors (Lipinski definition) is 2. The first-order valence-electron chi connectivity index (χ1n) is 9.08. The number of rotatable bonds is 3. The zero-order chi connectivity index (χ0) is 17.5. The normalized spacial score (nSPS) is 15.1. The summed E-state index contributed by atoms with van der Waals surface area (Å²) in [6.07, 6.45) is 4.80. The van der Waals surface area contributed by atoms with E-state index >= 15 is 0 Å². The average Bonchev–Trinajstić information content (AvgIpc) is 3.29. The molecule has 1 aliphatic heterocycles. The van der Waals surface area contributed by atoms with Crippen LogP contribution in [0, 0.1) is 0 Å². The molecule has 1 aromatic heterocycles. The van der Waals surface area contributed by atoms with E-state index in [1.165, 1.54) is 35.0 Å². The van der Waals surface area contributed by atoms with Gasteiger partial charge in [0.2, 0.25) is 6.79 Å². The molecule has 0 atom stereocenters.